The van der Waals surface area contributed by atoms with Crippen molar-refractivity contribution in [3.8, 4) is 0 Å². The van der Waals surface area contributed by atoms with Crippen LogP contribution in [-0.2, 0) is 11.3 Å². The van der Waals surface area contributed by atoms with Crippen molar-refractivity contribution < 1.29 is 9.21 Å². The van der Waals surface area contributed by atoms with Crippen molar-refractivity contribution in [1.29, 1.82) is 0 Å². The largest absolute Gasteiger partial charge is 0.465 e. The summed E-state index contributed by atoms with van der Waals surface area (Å²) < 4.78 is 5.56. The van der Waals surface area contributed by atoms with Crippen LogP contribution in [0.2, 0.25) is 0 Å². The number of aryl methyl sites for hydroxylation is 1. The number of likely N-dealkylation sites (N-methyl/N-ethyl adjacent to an activating group) is 1. The molecule has 2 aromatic rings. The lowest BCUT2D eigenvalue weighted by Gasteiger charge is -2.23. The number of hydrogen-bond donors (Lipinski definition) is 1. The predicted molar refractivity (Wildman–Crippen MR) is 93.5 cm³/mol. The van der Waals surface area contributed by atoms with E-state index in [2.05, 4.69) is 31.3 Å². The molecule has 4 heteroatoms. The van der Waals surface area contributed by atoms with Crippen molar-refractivity contribution >= 4 is 11.6 Å². The smallest absolute Gasteiger partial charge is 0.241 e. The van der Waals surface area contributed by atoms with Crippen LogP contribution in [0.4, 0.5) is 5.69 Å². The summed E-state index contributed by atoms with van der Waals surface area (Å²) >= 11 is 0. The van der Waals surface area contributed by atoms with Crippen molar-refractivity contribution in [3.63, 3.8) is 0 Å². The van der Waals surface area contributed by atoms with Gasteiger partial charge in [0, 0.05) is 5.69 Å². The van der Waals surface area contributed by atoms with Gasteiger partial charge in [-0.3, -0.25) is 9.69 Å². The number of anilines is 1. The highest BCUT2D eigenvalue weighted by atomic mass is 16.3. The Bertz CT molecular complexity index is 644. The molecule has 1 atom stereocenters. The van der Waals surface area contributed by atoms with Gasteiger partial charge < -0.3 is 9.73 Å². The molecule has 0 saturated heterocycles. The molecule has 0 saturated carbocycles. The number of benzene rings is 1. The van der Waals surface area contributed by atoms with Gasteiger partial charge in [0.25, 0.3) is 0 Å². The lowest BCUT2D eigenvalue weighted by molar-refractivity contribution is -0.120. The quantitative estimate of drug-likeness (QED) is 0.870. The van der Waals surface area contributed by atoms with Crippen LogP contribution in [0.3, 0.4) is 0 Å². The molecule has 0 aliphatic carbocycles. The number of nitrogens with zero attached hydrogens (tertiary/aromatic N) is 1. The van der Waals surface area contributed by atoms with Crippen molar-refractivity contribution in [1.82, 2.24) is 4.90 Å². The average Bonchev–Trinajstić information content (AvgIpc) is 2.92. The molecule has 0 bridgehead atoms. The Morgan fingerprint density at radius 1 is 1.13 bits per heavy atom. The third kappa shape index (κ3) is 4.70. The molecule has 1 N–H and O–H groups in total. The van der Waals surface area contributed by atoms with Gasteiger partial charge in [0.05, 0.1) is 12.6 Å². The van der Waals surface area contributed by atoms with Crippen molar-refractivity contribution in [2.24, 2.45) is 0 Å². The molecule has 0 aliphatic heterocycles. The molecule has 1 heterocycles. The highest BCUT2D eigenvalue weighted by molar-refractivity contribution is 5.94. The molecule has 0 aliphatic rings. The van der Waals surface area contributed by atoms with E-state index in [0.29, 0.717) is 12.5 Å². The SMILES string of the molecule is Cc1ccc(CN(C)[C@H](C)C(=O)Nc2ccc(C(C)C)cc2)o1. The zero-order chi connectivity index (χ0) is 17.0. The fraction of sp³-hybridized carbons (Fsp3) is 0.421. The van der Waals surface area contributed by atoms with Crippen LogP contribution in [0.5, 0.6) is 0 Å². The minimum Gasteiger partial charge on any atom is -0.465 e. The van der Waals surface area contributed by atoms with Crippen LogP contribution < -0.4 is 5.32 Å². The molecule has 2 rings (SSSR count). The Kier molecular flexibility index (Phi) is 5.61. The fourth-order valence-corrected chi connectivity index (χ4v) is 2.35. The van der Waals surface area contributed by atoms with E-state index in [1.54, 1.807) is 0 Å². The highest BCUT2D eigenvalue weighted by Crippen LogP contribution is 2.18. The minimum absolute atomic E-state index is 0.0203. The zero-order valence-electron chi connectivity index (χ0n) is 14.6. The molecule has 1 amide bonds. The van der Waals surface area contributed by atoms with Crippen LogP contribution in [0.15, 0.2) is 40.8 Å². The van der Waals surface area contributed by atoms with Gasteiger partial charge in [-0.1, -0.05) is 26.0 Å². The molecule has 1 aromatic heterocycles. The summed E-state index contributed by atoms with van der Waals surface area (Å²) in [5.74, 6) is 2.22. The molecule has 4 nitrogen and oxygen atoms in total. The van der Waals surface area contributed by atoms with Gasteiger partial charge in [0.1, 0.15) is 11.5 Å². The second-order valence-corrected chi connectivity index (χ2v) is 6.37. The Morgan fingerprint density at radius 3 is 2.30 bits per heavy atom. The van der Waals surface area contributed by atoms with Gasteiger partial charge in [-0.05, 0) is 56.6 Å². The number of carbonyl (C=O) groups is 1. The normalized spacial score (nSPS) is 12.7. The Hall–Kier alpha value is -2.07. The van der Waals surface area contributed by atoms with Gasteiger partial charge in [-0.15, -0.1) is 0 Å². The van der Waals surface area contributed by atoms with E-state index >= 15 is 0 Å². The van der Waals surface area contributed by atoms with Crippen LogP contribution in [0.1, 0.15) is 43.8 Å². The molecular weight excluding hydrogens is 288 g/mol. The van der Waals surface area contributed by atoms with Crippen molar-refractivity contribution in [3.05, 3.63) is 53.5 Å². The summed E-state index contributed by atoms with van der Waals surface area (Å²) in [6.07, 6.45) is 0. The number of carbonyl (C=O) groups excluding carboxylic acids is 1. The van der Waals surface area contributed by atoms with E-state index in [-0.39, 0.29) is 11.9 Å². The first-order valence-electron chi connectivity index (χ1n) is 8.03. The zero-order valence-corrected chi connectivity index (χ0v) is 14.6. The standard InChI is InChI=1S/C19H26N2O2/c1-13(2)16-7-9-17(10-8-16)20-19(22)15(4)21(5)12-18-11-6-14(3)23-18/h6-11,13,15H,12H2,1-5H3,(H,20,22)/t15-/m1/s1. The van der Waals surface area contributed by atoms with Gasteiger partial charge in [0.15, 0.2) is 0 Å². The number of rotatable bonds is 6. The highest BCUT2D eigenvalue weighted by Gasteiger charge is 2.19. The van der Waals surface area contributed by atoms with E-state index in [9.17, 15) is 4.79 Å². The van der Waals surface area contributed by atoms with E-state index in [1.165, 1.54) is 5.56 Å². The Morgan fingerprint density at radius 2 is 1.78 bits per heavy atom. The molecule has 23 heavy (non-hydrogen) atoms. The molecule has 0 spiro atoms. The number of hydrogen-bond acceptors (Lipinski definition) is 3. The Balaban J connectivity index is 1.93. The van der Waals surface area contributed by atoms with Crippen molar-refractivity contribution in [2.75, 3.05) is 12.4 Å². The molecule has 0 radical (unpaired) electrons. The molecule has 1 aromatic carbocycles. The predicted octanol–water partition coefficient (Wildman–Crippen LogP) is 4.17. The Labute approximate surface area is 138 Å². The topological polar surface area (TPSA) is 45.5 Å². The number of furan rings is 1. The van der Waals surface area contributed by atoms with Gasteiger partial charge in [-0.25, -0.2) is 0 Å². The first kappa shape index (κ1) is 17.3. The van der Waals surface area contributed by atoms with Crippen LogP contribution >= 0.6 is 0 Å². The molecule has 0 fully saturated rings. The number of nitrogens with one attached hydrogen (secondary N) is 1. The van der Waals surface area contributed by atoms with Crippen LogP contribution in [0.25, 0.3) is 0 Å². The summed E-state index contributed by atoms with van der Waals surface area (Å²) in [6, 6.07) is 11.7. The lowest BCUT2D eigenvalue weighted by Crippen LogP contribution is -2.39. The van der Waals surface area contributed by atoms with Gasteiger partial charge >= 0.3 is 0 Å². The fourth-order valence-electron chi connectivity index (χ4n) is 2.35. The average molecular weight is 314 g/mol. The third-order valence-electron chi connectivity index (χ3n) is 4.09. The van der Waals surface area contributed by atoms with Crippen LogP contribution in [-0.4, -0.2) is 23.9 Å². The molecule has 124 valence electrons. The molecule has 0 unspecified atom stereocenters. The van der Waals surface area contributed by atoms with Gasteiger partial charge in [-0.2, -0.15) is 0 Å². The minimum atomic E-state index is -0.245. The maximum Gasteiger partial charge on any atom is 0.241 e. The lowest BCUT2D eigenvalue weighted by atomic mass is 10.0. The number of amides is 1. The maximum absolute atomic E-state index is 12.4. The first-order chi connectivity index (χ1) is 10.9. The third-order valence-corrected chi connectivity index (χ3v) is 4.09. The van der Waals surface area contributed by atoms with Crippen LogP contribution in [0, 0.1) is 6.92 Å². The van der Waals surface area contributed by atoms with E-state index in [1.807, 2.05) is 50.1 Å². The van der Waals surface area contributed by atoms with E-state index < -0.39 is 0 Å². The summed E-state index contributed by atoms with van der Waals surface area (Å²) in [5.41, 5.74) is 2.09. The summed E-state index contributed by atoms with van der Waals surface area (Å²) in [6.45, 7) is 8.73. The summed E-state index contributed by atoms with van der Waals surface area (Å²) in [7, 11) is 1.92. The van der Waals surface area contributed by atoms with Gasteiger partial charge in [0.2, 0.25) is 5.91 Å². The summed E-state index contributed by atoms with van der Waals surface area (Å²) in [4.78, 5) is 14.4. The first-order valence-corrected chi connectivity index (χ1v) is 8.03. The van der Waals surface area contributed by atoms with E-state index in [0.717, 1.165) is 17.2 Å². The maximum atomic E-state index is 12.4. The monoisotopic (exact) mass is 314 g/mol. The molecular formula is C19H26N2O2. The second-order valence-electron chi connectivity index (χ2n) is 6.37. The van der Waals surface area contributed by atoms with E-state index in [4.69, 9.17) is 4.42 Å². The summed E-state index contributed by atoms with van der Waals surface area (Å²) in [5, 5.41) is 2.97. The second kappa shape index (κ2) is 7.47. The van der Waals surface area contributed by atoms with Crippen molar-refractivity contribution in [2.45, 2.75) is 46.2 Å².